The van der Waals surface area contributed by atoms with Crippen molar-refractivity contribution in [3.63, 3.8) is 0 Å². The van der Waals surface area contributed by atoms with Crippen molar-refractivity contribution in [1.29, 1.82) is 0 Å². The van der Waals surface area contributed by atoms with E-state index in [0.29, 0.717) is 18.4 Å². The molecule has 88 heavy (non-hydrogen) atoms. The van der Waals surface area contributed by atoms with Crippen molar-refractivity contribution in [3.05, 3.63) is 35.9 Å². The number of benzene rings is 1. The van der Waals surface area contributed by atoms with Crippen LogP contribution in [0.15, 0.2) is 30.3 Å². The Morgan fingerprint density at radius 3 is 1.56 bits per heavy atom. The van der Waals surface area contributed by atoms with Gasteiger partial charge in [0.2, 0.25) is 47.3 Å². The van der Waals surface area contributed by atoms with Gasteiger partial charge in [0.25, 0.3) is 0 Å². The number of unbranched alkanes of at least 4 members (excludes halogenated alkanes) is 1. The highest BCUT2D eigenvalue weighted by Gasteiger charge is 2.37. The molecule has 0 spiro atoms. The third-order valence-corrected chi connectivity index (χ3v) is 12.6. The molecule has 1 aromatic carbocycles. The molecule has 1 heterocycles. The third-order valence-electron chi connectivity index (χ3n) is 12.6. The predicted molar refractivity (Wildman–Crippen MR) is 325 cm³/mol. The van der Waals surface area contributed by atoms with Crippen LogP contribution >= 0.6 is 0 Å². The first-order valence-corrected chi connectivity index (χ1v) is 29.9. The number of carbonyl (C=O) groups is 12. The molecule has 494 valence electrons. The maximum absolute atomic E-state index is 14.7. The number of ether oxygens (including phenoxy) is 4. The molecule has 0 bridgehead atoms. The standard InChI is InChI=1S/C58H97BN12O17/c1-14-15-29-85-43(73)32-42(70-55(84)88-58(11,12)13)51(80)67-36-21-25-60-52(81)44(34(4)72)71-48(77)38(23-27-62-54(83)87-57(8,9)10)64-46(75)37(22-26-61-53(82)86-56(5,6)7)66-49(78)40(30-33(2)3)68-50(79)41(31-35-19-17-16-18-20-35)69-47(76)39(24-28-63-59)65-45(36)74/h16-20,33-34,36-42,44,63,72H,14-15,21-32,59H2,1-13H3,(H,60,81)(H,61,82)(H,62,83)(H,64,75)(H,65,74)(H,66,78)(H,67,80)(H,68,79)(H,69,76)(H,70,84)(H,71,77)/t34-,36+,37+,38+,39+,40+,41-,42+,44+/m1/s1. The lowest BCUT2D eigenvalue weighted by atomic mass is 10.00. The molecule has 0 aliphatic carbocycles. The summed E-state index contributed by atoms with van der Waals surface area (Å²) < 4.78 is 21.3. The topological polar surface area (TPSA) is 406 Å². The number of alkyl carbamates (subject to hydrolysis) is 3. The van der Waals surface area contributed by atoms with Crippen molar-refractivity contribution in [2.45, 2.75) is 219 Å². The maximum atomic E-state index is 14.7. The minimum atomic E-state index is -1.79. The number of hydrogen-bond acceptors (Lipinski definition) is 18. The Morgan fingerprint density at radius 1 is 0.614 bits per heavy atom. The van der Waals surface area contributed by atoms with Gasteiger partial charge in [-0.1, -0.05) is 57.5 Å². The predicted octanol–water partition coefficient (Wildman–Crippen LogP) is -0.446. The molecule has 9 atom stereocenters. The van der Waals surface area contributed by atoms with Gasteiger partial charge in [0.05, 0.1) is 19.1 Å². The third kappa shape index (κ3) is 31.2. The average Bonchev–Trinajstić information content (AvgIpc) is 3.57. The first-order chi connectivity index (χ1) is 41.0. The maximum Gasteiger partial charge on any atom is 0.408 e. The normalized spacial score (nSPS) is 21.4. The van der Waals surface area contributed by atoms with Gasteiger partial charge in [0.1, 0.15) is 65.1 Å². The van der Waals surface area contributed by atoms with Crippen LogP contribution in [0.2, 0.25) is 0 Å². The monoisotopic (exact) mass is 1240 g/mol. The first kappa shape index (κ1) is 76.3. The van der Waals surface area contributed by atoms with E-state index in [1.54, 1.807) is 114 Å². The molecule has 29 nitrogen and oxygen atoms in total. The van der Waals surface area contributed by atoms with Crippen LogP contribution in [0.1, 0.15) is 147 Å². The molecule has 0 unspecified atom stereocenters. The number of hydrogen-bond donors (Lipinski definition) is 13. The van der Waals surface area contributed by atoms with Crippen LogP contribution in [0.3, 0.4) is 0 Å². The zero-order chi connectivity index (χ0) is 66.5. The molecular formula is C58H97BN12O17. The van der Waals surface area contributed by atoms with E-state index in [2.05, 4.69) is 63.7 Å². The van der Waals surface area contributed by atoms with E-state index in [0.717, 1.165) is 0 Å². The summed E-state index contributed by atoms with van der Waals surface area (Å²) in [6.07, 6.45) is -5.53. The van der Waals surface area contributed by atoms with E-state index in [-0.39, 0.29) is 64.3 Å². The minimum Gasteiger partial charge on any atom is -0.466 e. The minimum absolute atomic E-state index is 0.00421. The molecule has 1 aliphatic heterocycles. The molecular weight excluding hydrogens is 1150 g/mol. The molecule has 1 aromatic rings. The molecule has 1 fully saturated rings. The van der Waals surface area contributed by atoms with E-state index in [1.165, 1.54) is 6.92 Å². The fraction of sp³-hybridized carbons (Fsp3) is 0.690. The fourth-order valence-electron chi connectivity index (χ4n) is 8.35. The lowest BCUT2D eigenvalue weighted by molar-refractivity contribution is -0.146. The molecule has 2 rings (SSSR count). The van der Waals surface area contributed by atoms with Crippen LogP contribution in [0.25, 0.3) is 0 Å². The molecule has 1 aliphatic rings. The Hall–Kier alpha value is -7.76. The fourth-order valence-corrected chi connectivity index (χ4v) is 8.35. The number of nitrogens with one attached hydrogen (secondary N) is 12. The van der Waals surface area contributed by atoms with Gasteiger partial charge < -0.3 is 87.8 Å². The Labute approximate surface area is 516 Å². The Bertz CT molecular complexity index is 2500. The highest BCUT2D eigenvalue weighted by molar-refractivity contribution is 6.04. The number of esters is 1. The number of carbonyl (C=O) groups excluding carboxylic acids is 12. The molecule has 1 saturated heterocycles. The highest BCUT2D eigenvalue weighted by Crippen LogP contribution is 2.14. The van der Waals surface area contributed by atoms with Gasteiger partial charge in [-0.25, -0.2) is 14.4 Å². The van der Waals surface area contributed by atoms with E-state index < -0.39 is 162 Å². The summed E-state index contributed by atoms with van der Waals surface area (Å²) >= 11 is 0. The van der Waals surface area contributed by atoms with Crippen molar-refractivity contribution >= 4 is 79.5 Å². The summed E-state index contributed by atoms with van der Waals surface area (Å²) in [4.78, 5) is 168. The lowest BCUT2D eigenvalue weighted by Gasteiger charge is -2.29. The van der Waals surface area contributed by atoms with Gasteiger partial charge in [-0.15, -0.1) is 0 Å². The zero-order valence-corrected chi connectivity index (χ0v) is 53.5. The van der Waals surface area contributed by atoms with Crippen LogP contribution in [-0.4, -0.2) is 189 Å². The van der Waals surface area contributed by atoms with Gasteiger partial charge in [0.15, 0.2) is 7.98 Å². The largest absolute Gasteiger partial charge is 0.466 e. The smallest absolute Gasteiger partial charge is 0.408 e. The second kappa shape index (κ2) is 37.2. The molecule has 0 aromatic heterocycles. The molecule has 11 amide bonds. The second-order valence-corrected chi connectivity index (χ2v) is 24.8. The summed E-state index contributed by atoms with van der Waals surface area (Å²) in [5, 5.41) is 42.1. The van der Waals surface area contributed by atoms with Crippen molar-refractivity contribution in [1.82, 2.24) is 63.7 Å². The van der Waals surface area contributed by atoms with Crippen molar-refractivity contribution in [2.75, 3.05) is 32.8 Å². The Kier molecular flexibility index (Phi) is 32.2. The van der Waals surface area contributed by atoms with Crippen molar-refractivity contribution in [2.24, 2.45) is 5.92 Å². The van der Waals surface area contributed by atoms with Crippen LogP contribution in [0.4, 0.5) is 14.4 Å². The molecule has 13 N–H and O–H groups in total. The van der Waals surface area contributed by atoms with Crippen molar-refractivity contribution < 1.29 is 81.6 Å². The number of aliphatic hydroxyl groups is 1. The van der Waals surface area contributed by atoms with E-state index in [4.69, 9.17) is 18.9 Å². The first-order valence-electron chi connectivity index (χ1n) is 29.9. The average molecular weight is 1250 g/mol. The van der Waals surface area contributed by atoms with Gasteiger partial charge >= 0.3 is 24.2 Å². The van der Waals surface area contributed by atoms with Crippen molar-refractivity contribution in [3.8, 4) is 0 Å². The number of aliphatic hydroxyl groups excluding tert-OH is 1. The number of amides is 11. The van der Waals surface area contributed by atoms with Crippen LogP contribution in [0.5, 0.6) is 0 Å². The van der Waals surface area contributed by atoms with Gasteiger partial charge in [-0.3, -0.25) is 43.2 Å². The SMILES string of the molecule is BNCC[C@@H]1NC(=O)[C@@H](NC(=O)[C@H](CC(=O)OCCCC)NC(=O)OC(C)(C)C)CCNC(=O)[C@H]([C@@H](C)O)NC(=O)[C@H](CCNC(=O)OC(C)(C)C)NC(=O)[C@H](CCNC(=O)OC(C)(C)C)NC(=O)[C@H](CC(C)C)NC(=O)[C@@H](Cc2ccccc2)NC1=O. The summed E-state index contributed by atoms with van der Waals surface area (Å²) in [6.45, 7) is 20.0. The van der Waals surface area contributed by atoms with Gasteiger partial charge in [-0.05, 0) is 126 Å². The van der Waals surface area contributed by atoms with E-state index in [9.17, 15) is 62.6 Å². The van der Waals surface area contributed by atoms with Crippen LogP contribution in [0, 0.1) is 5.92 Å². The van der Waals surface area contributed by atoms with Crippen LogP contribution in [-0.2, 0) is 68.5 Å². The molecule has 0 saturated carbocycles. The molecule has 0 radical (unpaired) electrons. The summed E-state index contributed by atoms with van der Waals surface area (Å²) in [7, 11) is 1.58. The summed E-state index contributed by atoms with van der Waals surface area (Å²) in [5.41, 5.74) is -2.33. The van der Waals surface area contributed by atoms with Gasteiger partial charge in [-0.2, -0.15) is 0 Å². The Morgan fingerprint density at radius 2 is 1.07 bits per heavy atom. The lowest BCUT2D eigenvalue weighted by Crippen LogP contribution is -2.61. The quantitative estimate of drug-likeness (QED) is 0.0303. The zero-order valence-electron chi connectivity index (χ0n) is 53.5. The number of rotatable bonds is 22. The second-order valence-electron chi connectivity index (χ2n) is 24.8. The summed E-state index contributed by atoms with van der Waals surface area (Å²) in [5.74, 6) is -9.05. The van der Waals surface area contributed by atoms with E-state index in [1.807, 2.05) is 6.92 Å². The Balaban J connectivity index is 2.93. The summed E-state index contributed by atoms with van der Waals surface area (Å²) in [6, 6.07) is -4.18. The highest BCUT2D eigenvalue weighted by atomic mass is 16.6. The van der Waals surface area contributed by atoms with E-state index >= 15 is 0 Å². The molecule has 30 heteroatoms. The van der Waals surface area contributed by atoms with Crippen LogP contribution < -0.4 is 63.7 Å². The van der Waals surface area contributed by atoms with Gasteiger partial charge in [0, 0.05) is 26.1 Å².